The molecule has 1 unspecified atom stereocenters. The fraction of sp³-hybridized carbons (Fsp3) is 0.316. The van der Waals surface area contributed by atoms with Crippen LogP contribution in [0.2, 0.25) is 0 Å². The van der Waals surface area contributed by atoms with Gasteiger partial charge in [-0.25, -0.2) is 4.98 Å². The van der Waals surface area contributed by atoms with Crippen LogP contribution in [-0.2, 0) is 6.18 Å². The summed E-state index contributed by atoms with van der Waals surface area (Å²) in [6.07, 6.45) is -2.69. The van der Waals surface area contributed by atoms with Gasteiger partial charge in [-0.05, 0) is 31.4 Å². The number of nitrogen functional groups attached to an aromatic ring is 1. The van der Waals surface area contributed by atoms with Crippen molar-refractivity contribution in [2.24, 2.45) is 0 Å². The molecule has 4 rings (SSSR count). The van der Waals surface area contributed by atoms with Crippen LogP contribution in [0.5, 0.6) is 0 Å². The van der Waals surface area contributed by atoms with E-state index in [1.807, 2.05) is 37.3 Å². The third-order valence-corrected chi connectivity index (χ3v) is 4.72. The van der Waals surface area contributed by atoms with Gasteiger partial charge < -0.3 is 11.1 Å². The first-order valence-corrected chi connectivity index (χ1v) is 8.95. The van der Waals surface area contributed by atoms with E-state index in [4.69, 9.17) is 5.73 Å². The van der Waals surface area contributed by atoms with Gasteiger partial charge in [0, 0.05) is 11.6 Å². The highest BCUT2D eigenvalue weighted by Gasteiger charge is 2.39. The van der Waals surface area contributed by atoms with Gasteiger partial charge in [-0.3, -0.25) is 5.10 Å². The lowest BCUT2D eigenvalue weighted by molar-refractivity contribution is -0.136. The van der Waals surface area contributed by atoms with Crippen LogP contribution in [0.15, 0.2) is 36.4 Å². The number of alkyl halides is 3. The maximum Gasteiger partial charge on any atom is 0.422 e. The predicted octanol–water partition coefficient (Wildman–Crippen LogP) is 4.52. The Morgan fingerprint density at radius 2 is 1.89 bits per heavy atom. The Bertz CT molecular complexity index is 979. The molecule has 4 N–H and O–H groups in total. The Labute approximate surface area is 159 Å². The summed E-state index contributed by atoms with van der Waals surface area (Å²) in [5.41, 5.74) is 6.16. The number of rotatable bonds is 5. The maximum atomic E-state index is 13.6. The summed E-state index contributed by atoms with van der Waals surface area (Å²) in [6, 6.07) is 10.8. The molecule has 1 aromatic carbocycles. The number of aromatic nitrogens is 4. The highest BCUT2D eigenvalue weighted by atomic mass is 19.4. The minimum absolute atomic E-state index is 0.0211. The van der Waals surface area contributed by atoms with Gasteiger partial charge >= 0.3 is 6.18 Å². The Kier molecular flexibility index (Phi) is 4.44. The predicted molar refractivity (Wildman–Crippen MR) is 99.5 cm³/mol. The Hall–Kier alpha value is -3.10. The molecule has 0 aliphatic heterocycles. The number of nitrogens with zero attached hydrogens (tertiary/aromatic N) is 3. The number of nitrogens with two attached hydrogens (primary N) is 1. The van der Waals surface area contributed by atoms with E-state index in [1.54, 1.807) is 6.07 Å². The number of hydrogen-bond acceptors (Lipinski definition) is 5. The van der Waals surface area contributed by atoms with Crippen molar-refractivity contribution in [3.8, 4) is 11.4 Å². The van der Waals surface area contributed by atoms with Gasteiger partial charge in [-0.15, -0.1) is 0 Å². The Balaban J connectivity index is 1.73. The van der Waals surface area contributed by atoms with Crippen molar-refractivity contribution in [3.05, 3.63) is 53.2 Å². The molecule has 1 aliphatic rings. The second kappa shape index (κ2) is 6.81. The highest BCUT2D eigenvalue weighted by Crippen LogP contribution is 2.42. The van der Waals surface area contributed by atoms with Crippen LogP contribution in [0.3, 0.4) is 0 Å². The van der Waals surface area contributed by atoms with Crippen molar-refractivity contribution in [2.45, 2.75) is 37.9 Å². The lowest BCUT2D eigenvalue weighted by atomic mass is 10.1. The third kappa shape index (κ3) is 3.64. The number of H-pyrrole nitrogens is 1. The monoisotopic (exact) mass is 388 g/mol. The summed E-state index contributed by atoms with van der Waals surface area (Å²) in [5.74, 6) is -0.283. The van der Waals surface area contributed by atoms with Gasteiger partial charge in [0.2, 0.25) is 5.95 Å². The smallest absolute Gasteiger partial charge is 0.383 e. The highest BCUT2D eigenvalue weighted by molar-refractivity contribution is 5.68. The molecule has 28 heavy (non-hydrogen) atoms. The number of nitrogens with one attached hydrogen (secondary N) is 2. The molecule has 0 amide bonds. The van der Waals surface area contributed by atoms with Crippen LogP contribution < -0.4 is 11.1 Å². The van der Waals surface area contributed by atoms with Gasteiger partial charge in [0.15, 0.2) is 0 Å². The van der Waals surface area contributed by atoms with Crippen LogP contribution in [-0.4, -0.2) is 20.2 Å². The molecule has 0 bridgehead atoms. The first-order valence-electron chi connectivity index (χ1n) is 8.95. The zero-order valence-electron chi connectivity index (χ0n) is 15.1. The second-order valence-corrected chi connectivity index (χ2v) is 6.91. The lowest BCUT2D eigenvalue weighted by Crippen LogP contribution is -2.17. The SMILES string of the molecule is CC(Nc1nc(N)c(C(F)(F)F)c(-c2cc(C3CC3)[nH]n2)n1)c1ccccc1. The molecule has 3 aromatic rings. The molecular formula is C19H19F3N6. The molecule has 1 atom stereocenters. The first-order chi connectivity index (χ1) is 13.3. The molecule has 0 saturated heterocycles. The summed E-state index contributed by atoms with van der Waals surface area (Å²) in [7, 11) is 0. The van der Waals surface area contributed by atoms with Crippen molar-refractivity contribution in [3.63, 3.8) is 0 Å². The van der Waals surface area contributed by atoms with Gasteiger partial charge in [0.1, 0.15) is 22.8 Å². The average Bonchev–Trinajstić information content (AvgIpc) is 3.37. The van der Waals surface area contributed by atoms with E-state index in [0.717, 1.165) is 24.1 Å². The molecule has 0 radical (unpaired) electrons. The van der Waals surface area contributed by atoms with E-state index in [2.05, 4.69) is 25.5 Å². The molecule has 1 aliphatic carbocycles. The van der Waals surface area contributed by atoms with E-state index < -0.39 is 17.6 Å². The van der Waals surface area contributed by atoms with Crippen LogP contribution in [0.25, 0.3) is 11.4 Å². The topological polar surface area (TPSA) is 92.5 Å². The van der Waals surface area contributed by atoms with Gasteiger partial charge in [-0.1, -0.05) is 30.3 Å². The van der Waals surface area contributed by atoms with E-state index in [-0.39, 0.29) is 23.4 Å². The molecule has 146 valence electrons. The molecular weight excluding hydrogens is 369 g/mol. The number of benzene rings is 1. The molecule has 2 aromatic heterocycles. The van der Waals surface area contributed by atoms with E-state index in [9.17, 15) is 13.2 Å². The van der Waals surface area contributed by atoms with Crippen LogP contribution >= 0.6 is 0 Å². The lowest BCUT2D eigenvalue weighted by Gasteiger charge is -2.18. The molecule has 1 saturated carbocycles. The molecule has 2 heterocycles. The van der Waals surface area contributed by atoms with Gasteiger partial charge in [0.05, 0.1) is 6.04 Å². The molecule has 0 spiro atoms. The van der Waals surface area contributed by atoms with Crippen LogP contribution in [0.4, 0.5) is 24.9 Å². The minimum atomic E-state index is -4.69. The Morgan fingerprint density at radius 1 is 1.18 bits per heavy atom. The number of anilines is 2. The summed E-state index contributed by atoms with van der Waals surface area (Å²) in [5, 5.41) is 9.88. The zero-order valence-corrected chi connectivity index (χ0v) is 15.1. The van der Waals surface area contributed by atoms with Crippen molar-refractivity contribution in [1.82, 2.24) is 20.2 Å². The standard InChI is InChI=1S/C19H19F3N6/c1-10(11-5-3-2-4-6-11)24-18-25-16(15(17(23)26-18)19(20,21)22)14-9-13(27-28-14)12-7-8-12/h2-6,9-10,12H,7-8H2,1H3,(H,27,28)(H3,23,24,25,26). The fourth-order valence-corrected chi connectivity index (χ4v) is 3.09. The summed E-state index contributed by atoms with van der Waals surface area (Å²) in [6.45, 7) is 1.87. The van der Waals surface area contributed by atoms with Crippen LogP contribution in [0.1, 0.15) is 48.5 Å². The average molecular weight is 388 g/mol. The van der Waals surface area contributed by atoms with Gasteiger partial charge in [-0.2, -0.15) is 23.3 Å². The number of aromatic amines is 1. The summed E-state index contributed by atoms with van der Waals surface area (Å²) < 4.78 is 40.8. The molecule has 1 fully saturated rings. The third-order valence-electron chi connectivity index (χ3n) is 4.72. The Morgan fingerprint density at radius 3 is 2.54 bits per heavy atom. The second-order valence-electron chi connectivity index (χ2n) is 6.91. The quantitative estimate of drug-likeness (QED) is 0.598. The number of halogens is 3. The van der Waals surface area contributed by atoms with Crippen molar-refractivity contribution in [1.29, 1.82) is 0 Å². The summed E-state index contributed by atoms with van der Waals surface area (Å²) in [4.78, 5) is 7.97. The largest absolute Gasteiger partial charge is 0.422 e. The van der Waals surface area contributed by atoms with Crippen molar-refractivity contribution >= 4 is 11.8 Å². The normalized spacial score (nSPS) is 15.4. The van der Waals surface area contributed by atoms with E-state index in [1.165, 1.54) is 0 Å². The van der Waals surface area contributed by atoms with E-state index in [0.29, 0.717) is 5.92 Å². The van der Waals surface area contributed by atoms with Gasteiger partial charge in [0.25, 0.3) is 0 Å². The van der Waals surface area contributed by atoms with Crippen LogP contribution in [0, 0.1) is 0 Å². The van der Waals surface area contributed by atoms with Crippen molar-refractivity contribution in [2.75, 3.05) is 11.1 Å². The molecule has 9 heteroatoms. The molecule has 6 nitrogen and oxygen atoms in total. The zero-order chi connectivity index (χ0) is 19.9. The number of hydrogen-bond donors (Lipinski definition) is 3. The first kappa shape index (κ1) is 18.3. The van der Waals surface area contributed by atoms with E-state index >= 15 is 0 Å². The maximum absolute atomic E-state index is 13.6. The fourth-order valence-electron chi connectivity index (χ4n) is 3.09. The minimum Gasteiger partial charge on any atom is -0.383 e. The summed E-state index contributed by atoms with van der Waals surface area (Å²) >= 11 is 0. The van der Waals surface area contributed by atoms with Crippen molar-refractivity contribution < 1.29 is 13.2 Å².